The molecule has 6 nitrogen and oxygen atoms in total. The summed E-state index contributed by atoms with van der Waals surface area (Å²) in [5.74, 6) is 0.179. The fourth-order valence-corrected chi connectivity index (χ4v) is 2.80. The Balaban J connectivity index is 1.67. The Hall–Kier alpha value is -2.65. The van der Waals surface area contributed by atoms with Gasteiger partial charge in [-0.15, -0.1) is 0 Å². The molecule has 0 bridgehead atoms. The fraction of sp³-hybridized carbons (Fsp3) is 0.333. The van der Waals surface area contributed by atoms with Gasteiger partial charge in [0.2, 0.25) is 5.88 Å². The van der Waals surface area contributed by atoms with Crippen molar-refractivity contribution in [3.05, 3.63) is 53.7 Å². The number of rotatable bonds is 4. The normalized spacial score (nSPS) is 20.0. The van der Waals surface area contributed by atoms with E-state index in [1.807, 2.05) is 0 Å². The van der Waals surface area contributed by atoms with Crippen LogP contribution < -0.4 is 10.5 Å². The second-order valence-electron chi connectivity index (χ2n) is 6.34. The Bertz CT molecular complexity index is 827. The van der Waals surface area contributed by atoms with E-state index in [1.54, 1.807) is 18.3 Å². The first-order valence-corrected chi connectivity index (χ1v) is 8.23. The van der Waals surface area contributed by atoms with Gasteiger partial charge in [-0.2, -0.15) is 13.2 Å². The number of aliphatic hydroxyl groups is 1. The van der Waals surface area contributed by atoms with Crippen LogP contribution in [0.2, 0.25) is 0 Å². The number of carbonyl (C=O) groups excluding carboxylic acids is 1. The summed E-state index contributed by atoms with van der Waals surface area (Å²) in [5.41, 5.74) is 3.75. The van der Waals surface area contributed by atoms with Crippen LogP contribution in [0.1, 0.15) is 22.3 Å². The first kappa shape index (κ1) is 19.1. The Morgan fingerprint density at radius 1 is 1.30 bits per heavy atom. The third kappa shape index (κ3) is 4.04. The summed E-state index contributed by atoms with van der Waals surface area (Å²) >= 11 is 0. The lowest BCUT2D eigenvalue weighted by Crippen LogP contribution is -2.48. The van der Waals surface area contributed by atoms with Crippen molar-refractivity contribution >= 4 is 5.91 Å². The molecule has 0 aliphatic carbocycles. The van der Waals surface area contributed by atoms with Gasteiger partial charge >= 0.3 is 6.18 Å². The molecule has 1 unspecified atom stereocenters. The second-order valence-corrected chi connectivity index (χ2v) is 6.34. The average Bonchev–Trinajstić information content (AvgIpc) is 3.05. The van der Waals surface area contributed by atoms with Crippen molar-refractivity contribution < 1.29 is 27.8 Å². The molecular formula is C18H18F3N3O3. The van der Waals surface area contributed by atoms with Gasteiger partial charge in [-0.05, 0) is 35.9 Å². The molecule has 1 saturated heterocycles. The van der Waals surface area contributed by atoms with Gasteiger partial charge in [0.15, 0.2) is 5.60 Å². The lowest BCUT2D eigenvalue weighted by atomic mass is 10.0. The molecule has 1 fully saturated rings. The van der Waals surface area contributed by atoms with Gasteiger partial charge in [-0.1, -0.05) is 0 Å². The number of β-amino-alcohol motifs (C(OH)–C–C–N with tert-alkyl or cyclic N) is 1. The first-order chi connectivity index (χ1) is 12.7. The maximum absolute atomic E-state index is 12.9. The number of amides is 1. The highest BCUT2D eigenvalue weighted by atomic mass is 19.4. The molecule has 1 atom stereocenters. The highest BCUT2D eigenvalue weighted by molar-refractivity contribution is 5.94. The molecule has 1 aromatic carbocycles. The SMILES string of the molecule is NCc1ccnc(Oc2ccc(C(=O)N3CCC(O)(C(F)(F)F)C3)cc2)c1. The van der Waals surface area contributed by atoms with Crippen molar-refractivity contribution in [1.29, 1.82) is 0 Å². The number of carbonyl (C=O) groups is 1. The molecule has 1 aliphatic heterocycles. The van der Waals surface area contributed by atoms with Crippen molar-refractivity contribution in [1.82, 2.24) is 9.88 Å². The number of benzene rings is 1. The van der Waals surface area contributed by atoms with Crippen LogP contribution in [0.4, 0.5) is 13.2 Å². The molecule has 27 heavy (non-hydrogen) atoms. The van der Waals surface area contributed by atoms with E-state index in [-0.39, 0.29) is 12.1 Å². The number of pyridine rings is 1. The van der Waals surface area contributed by atoms with Crippen LogP contribution in [0.3, 0.4) is 0 Å². The Kier molecular flexibility index (Phi) is 5.07. The minimum absolute atomic E-state index is 0.164. The van der Waals surface area contributed by atoms with Gasteiger partial charge in [0.25, 0.3) is 5.91 Å². The average molecular weight is 381 g/mol. The van der Waals surface area contributed by atoms with E-state index >= 15 is 0 Å². The van der Waals surface area contributed by atoms with Gasteiger partial charge in [0.1, 0.15) is 5.75 Å². The molecule has 0 spiro atoms. The molecule has 2 aromatic rings. The monoisotopic (exact) mass is 381 g/mol. The summed E-state index contributed by atoms with van der Waals surface area (Å²) < 4.78 is 44.2. The largest absolute Gasteiger partial charge is 0.439 e. The van der Waals surface area contributed by atoms with E-state index in [9.17, 15) is 23.1 Å². The Labute approximate surface area is 153 Å². The molecule has 3 N–H and O–H groups in total. The van der Waals surface area contributed by atoms with Crippen LogP contribution in [-0.4, -0.2) is 45.8 Å². The van der Waals surface area contributed by atoms with Crippen molar-refractivity contribution in [2.24, 2.45) is 5.73 Å². The fourth-order valence-electron chi connectivity index (χ4n) is 2.80. The summed E-state index contributed by atoms with van der Waals surface area (Å²) in [7, 11) is 0. The molecule has 1 aromatic heterocycles. The number of hydrogen-bond donors (Lipinski definition) is 2. The van der Waals surface area contributed by atoms with E-state index in [4.69, 9.17) is 10.5 Å². The number of alkyl halides is 3. The van der Waals surface area contributed by atoms with Crippen LogP contribution in [-0.2, 0) is 6.54 Å². The topological polar surface area (TPSA) is 88.7 Å². The molecule has 144 valence electrons. The minimum atomic E-state index is -4.77. The summed E-state index contributed by atoms with van der Waals surface area (Å²) in [4.78, 5) is 17.4. The highest BCUT2D eigenvalue weighted by Gasteiger charge is 2.57. The summed E-state index contributed by atoms with van der Waals surface area (Å²) in [6.45, 7) is -0.599. The van der Waals surface area contributed by atoms with Crippen LogP contribution in [0, 0.1) is 0 Å². The minimum Gasteiger partial charge on any atom is -0.439 e. The lowest BCUT2D eigenvalue weighted by molar-refractivity contribution is -0.253. The van der Waals surface area contributed by atoms with Gasteiger partial charge in [0.05, 0.1) is 6.54 Å². The van der Waals surface area contributed by atoms with Gasteiger partial charge in [0, 0.05) is 37.3 Å². The number of ether oxygens (including phenoxy) is 1. The standard InChI is InChI=1S/C18H18F3N3O3/c19-18(20,21)17(26)6-8-24(11-17)16(25)13-1-3-14(4-2-13)27-15-9-12(10-22)5-7-23-15/h1-5,7,9,26H,6,8,10-11,22H2. The Morgan fingerprint density at radius 3 is 2.59 bits per heavy atom. The van der Waals surface area contributed by atoms with Crippen molar-refractivity contribution in [2.75, 3.05) is 13.1 Å². The van der Waals surface area contributed by atoms with Crippen LogP contribution >= 0.6 is 0 Å². The van der Waals surface area contributed by atoms with Gasteiger partial charge in [-0.25, -0.2) is 4.98 Å². The summed E-state index contributed by atoms with van der Waals surface area (Å²) in [6.07, 6.45) is -3.75. The van der Waals surface area contributed by atoms with Crippen molar-refractivity contribution in [3.8, 4) is 11.6 Å². The molecule has 0 saturated carbocycles. The van der Waals surface area contributed by atoms with E-state index in [2.05, 4.69) is 4.98 Å². The summed E-state index contributed by atoms with van der Waals surface area (Å²) in [6, 6.07) is 9.39. The third-order valence-electron chi connectivity index (χ3n) is 4.42. The Morgan fingerprint density at radius 2 is 2.00 bits per heavy atom. The summed E-state index contributed by atoms with van der Waals surface area (Å²) in [5, 5.41) is 9.69. The zero-order valence-corrected chi connectivity index (χ0v) is 14.2. The highest BCUT2D eigenvalue weighted by Crippen LogP contribution is 2.38. The maximum Gasteiger partial charge on any atom is 0.419 e. The quantitative estimate of drug-likeness (QED) is 0.849. The van der Waals surface area contributed by atoms with E-state index in [0.717, 1.165) is 10.5 Å². The number of nitrogens with zero attached hydrogens (tertiary/aromatic N) is 2. The van der Waals surface area contributed by atoms with Gasteiger partial charge < -0.3 is 20.5 Å². The van der Waals surface area contributed by atoms with E-state index < -0.39 is 30.7 Å². The predicted octanol–water partition coefficient (Wildman–Crippen LogP) is 2.47. The van der Waals surface area contributed by atoms with E-state index in [1.165, 1.54) is 24.3 Å². The zero-order chi connectivity index (χ0) is 19.7. The maximum atomic E-state index is 12.9. The third-order valence-corrected chi connectivity index (χ3v) is 4.42. The molecule has 9 heteroatoms. The zero-order valence-electron chi connectivity index (χ0n) is 14.2. The molecule has 1 amide bonds. The number of aromatic nitrogens is 1. The second kappa shape index (κ2) is 7.16. The number of likely N-dealkylation sites (tertiary alicyclic amines) is 1. The van der Waals surface area contributed by atoms with Crippen LogP contribution in [0.25, 0.3) is 0 Å². The van der Waals surface area contributed by atoms with Crippen LogP contribution in [0.15, 0.2) is 42.6 Å². The van der Waals surface area contributed by atoms with Gasteiger partial charge in [-0.3, -0.25) is 4.79 Å². The number of hydrogen-bond acceptors (Lipinski definition) is 5. The van der Waals surface area contributed by atoms with E-state index in [0.29, 0.717) is 18.2 Å². The molecule has 0 radical (unpaired) electrons. The lowest BCUT2D eigenvalue weighted by Gasteiger charge is -2.25. The number of nitrogens with two attached hydrogens (primary N) is 1. The molecular weight excluding hydrogens is 363 g/mol. The smallest absolute Gasteiger partial charge is 0.419 e. The number of halogens is 3. The molecule has 3 rings (SSSR count). The molecule has 1 aliphatic rings. The molecule has 2 heterocycles. The predicted molar refractivity (Wildman–Crippen MR) is 90.2 cm³/mol. The van der Waals surface area contributed by atoms with Crippen molar-refractivity contribution in [3.63, 3.8) is 0 Å². The van der Waals surface area contributed by atoms with Crippen LogP contribution in [0.5, 0.6) is 11.6 Å². The first-order valence-electron chi connectivity index (χ1n) is 8.23. The van der Waals surface area contributed by atoms with Crippen molar-refractivity contribution in [2.45, 2.75) is 24.7 Å².